The van der Waals surface area contributed by atoms with E-state index in [1.165, 1.54) is 6.19 Å². The van der Waals surface area contributed by atoms with Crippen LogP contribution in [0.2, 0.25) is 0 Å². The lowest BCUT2D eigenvalue weighted by Crippen LogP contribution is -2.36. The van der Waals surface area contributed by atoms with E-state index in [4.69, 9.17) is 11.0 Å². The molecule has 0 spiro atoms. The average molecular weight is 177 g/mol. The minimum atomic E-state index is -0.429. The summed E-state index contributed by atoms with van der Waals surface area (Å²) in [7, 11) is 0. The Kier molecular flexibility index (Phi) is 2.65. The van der Waals surface area contributed by atoms with Crippen LogP contribution in [-0.4, -0.2) is 16.9 Å². The largest absolute Gasteiger partial charge is 0.369 e. The number of aromatic nitrogens is 1. The third-order valence-corrected chi connectivity index (χ3v) is 1.25. The molecule has 0 aliphatic rings. The summed E-state index contributed by atoms with van der Waals surface area (Å²) < 4.78 is 0. The maximum Gasteiger partial charge on any atom is 0.274 e. The fourth-order valence-corrected chi connectivity index (χ4v) is 0.737. The van der Waals surface area contributed by atoms with Crippen LogP contribution in [0.1, 0.15) is 10.5 Å². The first-order chi connectivity index (χ1) is 6.24. The number of aromatic amines is 1. The number of nitrogens with one attached hydrogen (secondary N) is 2. The fraction of sp³-hybridized carbons (Fsp3) is 0. The number of amides is 1. The first-order valence-corrected chi connectivity index (χ1v) is 3.41. The number of hydrogen-bond donors (Lipinski definition) is 3. The van der Waals surface area contributed by atoms with Crippen LogP contribution >= 0.6 is 0 Å². The molecule has 1 rings (SSSR count). The lowest BCUT2D eigenvalue weighted by Gasteiger charge is -1.99. The second-order valence-corrected chi connectivity index (χ2v) is 2.13. The fourth-order valence-electron chi connectivity index (χ4n) is 0.737. The Morgan fingerprint density at radius 3 is 3.08 bits per heavy atom. The van der Waals surface area contributed by atoms with Crippen molar-refractivity contribution in [3.63, 3.8) is 0 Å². The van der Waals surface area contributed by atoms with Gasteiger partial charge in [0.1, 0.15) is 5.69 Å². The van der Waals surface area contributed by atoms with Gasteiger partial charge in [0.25, 0.3) is 5.91 Å². The van der Waals surface area contributed by atoms with Gasteiger partial charge >= 0.3 is 0 Å². The van der Waals surface area contributed by atoms with Crippen LogP contribution in [0, 0.1) is 11.5 Å². The smallest absolute Gasteiger partial charge is 0.274 e. The summed E-state index contributed by atoms with van der Waals surface area (Å²) in [6, 6.07) is 3.25. The van der Waals surface area contributed by atoms with Crippen LogP contribution in [0.25, 0.3) is 0 Å². The molecule has 1 aromatic heterocycles. The van der Waals surface area contributed by atoms with Gasteiger partial charge in [-0.25, -0.2) is 0 Å². The van der Waals surface area contributed by atoms with E-state index in [1.54, 1.807) is 18.3 Å². The van der Waals surface area contributed by atoms with Crippen LogP contribution < -0.4 is 11.1 Å². The molecule has 0 radical (unpaired) electrons. The molecule has 0 fully saturated rings. The number of nitrogens with two attached hydrogens (primary N) is 1. The molecule has 4 N–H and O–H groups in total. The van der Waals surface area contributed by atoms with E-state index in [-0.39, 0.29) is 5.96 Å². The van der Waals surface area contributed by atoms with Crippen LogP contribution in [0.4, 0.5) is 0 Å². The number of nitrogens with zero attached hydrogens (tertiary/aromatic N) is 2. The van der Waals surface area contributed by atoms with Crippen molar-refractivity contribution in [2.45, 2.75) is 0 Å². The molecular weight excluding hydrogens is 170 g/mol. The Labute approximate surface area is 74.1 Å². The zero-order valence-corrected chi connectivity index (χ0v) is 6.61. The van der Waals surface area contributed by atoms with Gasteiger partial charge in [-0.15, -0.1) is 4.99 Å². The molecule has 1 aromatic rings. The topological polar surface area (TPSA) is 107 Å². The van der Waals surface area contributed by atoms with Crippen molar-refractivity contribution >= 4 is 11.9 Å². The van der Waals surface area contributed by atoms with Crippen LogP contribution in [0.15, 0.2) is 23.3 Å². The van der Waals surface area contributed by atoms with E-state index >= 15 is 0 Å². The van der Waals surface area contributed by atoms with Gasteiger partial charge < -0.3 is 10.7 Å². The summed E-state index contributed by atoms with van der Waals surface area (Å²) in [5.41, 5.74) is 5.53. The summed E-state index contributed by atoms with van der Waals surface area (Å²) in [5.74, 6) is -0.649. The number of guanidine groups is 1. The van der Waals surface area contributed by atoms with Gasteiger partial charge in [-0.2, -0.15) is 5.26 Å². The molecule has 0 aliphatic carbocycles. The average Bonchev–Trinajstić information content (AvgIpc) is 2.55. The number of carbonyl (C=O) groups is 1. The van der Waals surface area contributed by atoms with E-state index in [2.05, 4.69) is 15.3 Å². The molecule has 0 bridgehead atoms. The lowest BCUT2D eigenvalue weighted by atomic mass is 10.4. The predicted molar refractivity (Wildman–Crippen MR) is 45.5 cm³/mol. The molecule has 0 aliphatic heterocycles. The first-order valence-electron chi connectivity index (χ1n) is 3.41. The van der Waals surface area contributed by atoms with Crippen molar-refractivity contribution < 1.29 is 4.79 Å². The molecule has 0 atom stereocenters. The third kappa shape index (κ3) is 2.34. The molecule has 0 saturated carbocycles. The monoisotopic (exact) mass is 177 g/mol. The molecular formula is C7H7N5O. The standard InChI is InChI=1S/C7H7N5O/c8-4-11-7(9)12-6(13)5-2-1-3-10-5/h1-3,10H,(H3,9,11,12,13). The Hall–Kier alpha value is -2.29. The Morgan fingerprint density at radius 2 is 2.54 bits per heavy atom. The maximum absolute atomic E-state index is 11.2. The van der Waals surface area contributed by atoms with Crippen molar-refractivity contribution in [1.29, 1.82) is 5.26 Å². The molecule has 6 nitrogen and oxygen atoms in total. The highest BCUT2D eigenvalue weighted by molar-refractivity contribution is 6.04. The number of carbonyl (C=O) groups excluding carboxylic acids is 1. The molecule has 1 heterocycles. The Balaban J connectivity index is 2.63. The molecule has 1 amide bonds. The van der Waals surface area contributed by atoms with Crippen LogP contribution in [-0.2, 0) is 0 Å². The Bertz CT molecular complexity index is 359. The number of H-pyrrole nitrogens is 1. The van der Waals surface area contributed by atoms with Gasteiger partial charge in [0, 0.05) is 6.20 Å². The Morgan fingerprint density at radius 1 is 1.77 bits per heavy atom. The van der Waals surface area contributed by atoms with E-state index in [1.807, 2.05) is 0 Å². The van der Waals surface area contributed by atoms with Crippen molar-refractivity contribution in [3.05, 3.63) is 24.0 Å². The zero-order valence-electron chi connectivity index (χ0n) is 6.61. The van der Waals surface area contributed by atoms with Crippen molar-refractivity contribution in [1.82, 2.24) is 10.3 Å². The van der Waals surface area contributed by atoms with E-state index < -0.39 is 5.91 Å². The van der Waals surface area contributed by atoms with Gasteiger partial charge in [-0.05, 0) is 12.1 Å². The van der Waals surface area contributed by atoms with Crippen LogP contribution in [0.5, 0.6) is 0 Å². The summed E-state index contributed by atoms with van der Waals surface area (Å²) in [6.45, 7) is 0. The summed E-state index contributed by atoms with van der Waals surface area (Å²) in [5, 5.41) is 10.3. The van der Waals surface area contributed by atoms with Crippen molar-refractivity contribution in [3.8, 4) is 6.19 Å². The summed E-state index contributed by atoms with van der Waals surface area (Å²) >= 11 is 0. The molecule has 66 valence electrons. The predicted octanol–water partition coefficient (Wildman–Crippen LogP) is -0.460. The van der Waals surface area contributed by atoms with Crippen molar-refractivity contribution in [2.75, 3.05) is 0 Å². The molecule has 0 unspecified atom stereocenters. The van der Waals surface area contributed by atoms with Gasteiger partial charge in [0.15, 0.2) is 0 Å². The first kappa shape index (κ1) is 8.80. The maximum atomic E-state index is 11.2. The summed E-state index contributed by atoms with van der Waals surface area (Å²) in [6.07, 6.45) is 3.06. The zero-order chi connectivity index (χ0) is 9.68. The second-order valence-electron chi connectivity index (χ2n) is 2.13. The van der Waals surface area contributed by atoms with Crippen LogP contribution in [0.3, 0.4) is 0 Å². The van der Waals surface area contributed by atoms with Gasteiger partial charge in [0.2, 0.25) is 12.2 Å². The van der Waals surface area contributed by atoms with Gasteiger partial charge in [0.05, 0.1) is 0 Å². The second kappa shape index (κ2) is 3.92. The number of nitriles is 1. The molecule has 6 heteroatoms. The minimum absolute atomic E-state index is 0.220. The van der Waals surface area contributed by atoms with Gasteiger partial charge in [-0.1, -0.05) is 0 Å². The third-order valence-electron chi connectivity index (χ3n) is 1.25. The SMILES string of the molecule is N#CN=C(N)NC(=O)c1ccc[nH]1. The number of hydrogen-bond acceptors (Lipinski definition) is 3. The molecule has 0 saturated heterocycles. The molecule has 0 aromatic carbocycles. The van der Waals surface area contributed by atoms with Crippen molar-refractivity contribution in [2.24, 2.45) is 10.7 Å². The number of rotatable bonds is 1. The highest BCUT2D eigenvalue weighted by atomic mass is 16.2. The lowest BCUT2D eigenvalue weighted by molar-refractivity contribution is 0.0972. The quantitative estimate of drug-likeness (QED) is 0.307. The highest BCUT2D eigenvalue weighted by Crippen LogP contribution is 1.92. The normalized spacial score (nSPS) is 10.5. The highest BCUT2D eigenvalue weighted by Gasteiger charge is 2.05. The molecule has 13 heavy (non-hydrogen) atoms. The van der Waals surface area contributed by atoms with Gasteiger partial charge in [-0.3, -0.25) is 10.1 Å². The minimum Gasteiger partial charge on any atom is -0.369 e. The van der Waals surface area contributed by atoms with E-state index in [9.17, 15) is 4.79 Å². The number of aliphatic imine (C=N–C) groups is 1. The van der Waals surface area contributed by atoms with E-state index in [0.717, 1.165) is 0 Å². The van der Waals surface area contributed by atoms with E-state index in [0.29, 0.717) is 5.69 Å². The summed E-state index contributed by atoms with van der Waals surface area (Å²) in [4.78, 5) is 17.0.